The minimum Gasteiger partial charge on any atom is -0.371 e. The number of likely N-dealkylation sites (tertiary alicyclic amines) is 1. The molecule has 1 unspecified atom stereocenters. The largest absolute Gasteiger partial charge is 0.371 e. The van der Waals surface area contributed by atoms with E-state index in [4.69, 9.17) is 0 Å². The third-order valence-electron chi connectivity index (χ3n) is 8.44. The van der Waals surface area contributed by atoms with E-state index in [1.165, 1.54) is 44.4 Å². The maximum Gasteiger partial charge on any atom is 0.254 e. The van der Waals surface area contributed by atoms with Crippen LogP contribution in [-0.2, 0) is 9.59 Å². The summed E-state index contributed by atoms with van der Waals surface area (Å²) in [6.07, 6.45) is 6.43. The fourth-order valence-electron chi connectivity index (χ4n) is 6.16. The van der Waals surface area contributed by atoms with Gasteiger partial charge >= 0.3 is 0 Å². The van der Waals surface area contributed by atoms with Crippen LogP contribution in [-0.4, -0.2) is 74.5 Å². The molecular formula is C26H36FN5O3. The van der Waals surface area contributed by atoms with Gasteiger partial charge in [0.25, 0.3) is 5.91 Å². The van der Waals surface area contributed by atoms with Crippen molar-refractivity contribution in [3.05, 3.63) is 29.6 Å². The molecular weight excluding hydrogens is 449 g/mol. The van der Waals surface area contributed by atoms with Crippen LogP contribution in [0, 0.1) is 17.2 Å². The van der Waals surface area contributed by atoms with E-state index in [0.717, 1.165) is 57.3 Å². The van der Waals surface area contributed by atoms with Crippen molar-refractivity contribution in [3.63, 3.8) is 0 Å². The van der Waals surface area contributed by atoms with Gasteiger partial charge in [-0.1, -0.05) is 0 Å². The highest BCUT2D eigenvalue weighted by Crippen LogP contribution is 2.42. The first-order valence-electron chi connectivity index (χ1n) is 13.0. The van der Waals surface area contributed by atoms with Crippen LogP contribution in [0.1, 0.15) is 55.3 Å². The van der Waals surface area contributed by atoms with Gasteiger partial charge < -0.3 is 20.4 Å². The number of carbonyl (C=O) groups is 3. The lowest BCUT2D eigenvalue weighted by Crippen LogP contribution is -2.52. The molecule has 190 valence electrons. The topological polar surface area (TPSA) is 93.8 Å². The van der Waals surface area contributed by atoms with E-state index in [-0.39, 0.29) is 24.3 Å². The van der Waals surface area contributed by atoms with Crippen molar-refractivity contribution in [2.75, 3.05) is 50.7 Å². The molecule has 0 saturated carbocycles. The molecule has 4 fully saturated rings. The van der Waals surface area contributed by atoms with Gasteiger partial charge in [-0.2, -0.15) is 0 Å². The Labute approximate surface area is 206 Å². The first kappa shape index (κ1) is 24.2. The Bertz CT molecular complexity index is 972. The van der Waals surface area contributed by atoms with Crippen LogP contribution < -0.4 is 20.9 Å². The second kappa shape index (κ2) is 10.2. The molecule has 4 aliphatic heterocycles. The maximum atomic E-state index is 14.9. The number of carbonyl (C=O) groups excluding carboxylic acids is 3. The van der Waals surface area contributed by atoms with E-state index < -0.39 is 23.7 Å². The van der Waals surface area contributed by atoms with Gasteiger partial charge in [-0.3, -0.25) is 19.7 Å². The van der Waals surface area contributed by atoms with Crippen molar-refractivity contribution in [2.24, 2.45) is 11.3 Å². The van der Waals surface area contributed by atoms with E-state index in [0.29, 0.717) is 5.41 Å². The molecule has 3 N–H and O–H groups in total. The quantitative estimate of drug-likeness (QED) is 0.550. The molecule has 1 aromatic rings. The van der Waals surface area contributed by atoms with Crippen LogP contribution in [0.4, 0.5) is 10.1 Å². The number of nitrogens with zero attached hydrogens (tertiary/aromatic N) is 2. The number of piperidine rings is 3. The van der Waals surface area contributed by atoms with E-state index >= 15 is 0 Å². The number of amides is 3. The summed E-state index contributed by atoms with van der Waals surface area (Å²) >= 11 is 0. The smallest absolute Gasteiger partial charge is 0.254 e. The summed E-state index contributed by atoms with van der Waals surface area (Å²) in [5.41, 5.74) is 1.01. The van der Waals surface area contributed by atoms with Gasteiger partial charge in [0.05, 0.1) is 5.56 Å². The van der Waals surface area contributed by atoms with E-state index in [1.54, 1.807) is 6.07 Å². The zero-order valence-corrected chi connectivity index (χ0v) is 20.3. The second-order valence-corrected chi connectivity index (χ2v) is 10.8. The summed E-state index contributed by atoms with van der Waals surface area (Å²) < 4.78 is 14.9. The van der Waals surface area contributed by atoms with Gasteiger partial charge in [0, 0.05) is 31.7 Å². The lowest BCUT2D eigenvalue weighted by Gasteiger charge is -2.41. The predicted molar refractivity (Wildman–Crippen MR) is 131 cm³/mol. The van der Waals surface area contributed by atoms with Gasteiger partial charge in [0.15, 0.2) is 0 Å². The fraction of sp³-hybridized carbons (Fsp3) is 0.654. The second-order valence-electron chi connectivity index (χ2n) is 10.8. The summed E-state index contributed by atoms with van der Waals surface area (Å²) in [5, 5.41) is 8.20. The third kappa shape index (κ3) is 5.51. The Morgan fingerprint density at radius 3 is 2.54 bits per heavy atom. The Kier molecular flexibility index (Phi) is 7.07. The predicted octanol–water partition coefficient (Wildman–Crippen LogP) is 1.65. The maximum absolute atomic E-state index is 14.9. The molecule has 9 heteroatoms. The molecule has 4 saturated heterocycles. The normalized spacial score (nSPS) is 25.6. The average Bonchev–Trinajstić information content (AvgIpc) is 3.27. The van der Waals surface area contributed by atoms with Gasteiger partial charge in [-0.25, -0.2) is 4.39 Å². The van der Waals surface area contributed by atoms with Gasteiger partial charge in [0.2, 0.25) is 11.8 Å². The molecule has 3 amide bonds. The Balaban J connectivity index is 1.15. The van der Waals surface area contributed by atoms with Crippen molar-refractivity contribution in [1.82, 2.24) is 20.9 Å². The molecule has 1 atom stereocenters. The molecule has 8 nitrogen and oxygen atoms in total. The van der Waals surface area contributed by atoms with Crippen molar-refractivity contribution in [2.45, 2.75) is 51.0 Å². The van der Waals surface area contributed by atoms with Gasteiger partial charge in [-0.15, -0.1) is 0 Å². The number of rotatable bonds is 5. The first-order valence-corrected chi connectivity index (χ1v) is 13.0. The number of halogens is 1. The highest BCUT2D eigenvalue weighted by molar-refractivity contribution is 6.03. The molecule has 0 radical (unpaired) electrons. The fourth-order valence-corrected chi connectivity index (χ4v) is 6.16. The summed E-state index contributed by atoms with van der Waals surface area (Å²) in [5.74, 6) is -1.31. The SMILES string of the molecule is O=C1CCC(NC(=O)c2ccc(N3CCC4(CCN(CC5CCNCC5)CC4)C3)cc2F)C(=O)N1. The Morgan fingerprint density at radius 1 is 1.09 bits per heavy atom. The molecule has 35 heavy (non-hydrogen) atoms. The Morgan fingerprint density at radius 2 is 1.83 bits per heavy atom. The van der Waals surface area contributed by atoms with Crippen LogP contribution >= 0.6 is 0 Å². The number of hydrogen-bond donors (Lipinski definition) is 3. The summed E-state index contributed by atoms with van der Waals surface area (Å²) in [7, 11) is 0. The molecule has 5 rings (SSSR count). The first-order chi connectivity index (χ1) is 16.9. The number of benzene rings is 1. The van der Waals surface area contributed by atoms with Crippen molar-refractivity contribution < 1.29 is 18.8 Å². The summed E-state index contributed by atoms with van der Waals surface area (Å²) in [6, 6.07) is 3.91. The lowest BCUT2D eigenvalue weighted by atomic mass is 9.77. The minimum atomic E-state index is -0.821. The lowest BCUT2D eigenvalue weighted by molar-refractivity contribution is -0.134. The monoisotopic (exact) mass is 485 g/mol. The van der Waals surface area contributed by atoms with E-state index in [2.05, 4.69) is 25.8 Å². The molecule has 0 aliphatic carbocycles. The molecule has 0 bridgehead atoms. The highest BCUT2D eigenvalue weighted by atomic mass is 19.1. The van der Waals surface area contributed by atoms with Crippen molar-refractivity contribution in [1.29, 1.82) is 0 Å². The van der Waals surface area contributed by atoms with E-state index in [1.807, 2.05) is 0 Å². The minimum absolute atomic E-state index is 0.0846. The van der Waals surface area contributed by atoms with Crippen LogP contribution in [0.5, 0.6) is 0 Å². The number of nitrogens with one attached hydrogen (secondary N) is 3. The third-order valence-corrected chi connectivity index (χ3v) is 8.44. The molecule has 1 spiro atoms. The van der Waals surface area contributed by atoms with E-state index in [9.17, 15) is 18.8 Å². The molecule has 1 aromatic carbocycles. The van der Waals surface area contributed by atoms with Crippen LogP contribution in [0.15, 0.2) is 18.2 Å². The zero-order valence-electron chi connectivity index (χ0n) is 20.3. The van der Waals surface area contributed by atoms with Crippen LogP contribution in [0.25, 0.3) is 0 Å². The van der Waals surface area contributed by atoms with Crippen molar-refractivity contribution >= 4 is 23.4 Å². The number of anilines is 1. The molecule has 0 aromatic heterocycles. The van der Waals surface area contributed by atoms with Crippen LogP contribution in [0.3, 0.4) is 0 Å². The van der Waals surface area contributed by atoms with Gasteiger partial charge in [0.1, 0.15) is 11.9 Å². The molecule has 4 aliphatic rings. The number of hydrogen-bond acceptors (Lipinski definition) is 6. The standard InChI is InChI=1S/C26H36FN5O3/c27-21-15-19(1-2-20(21)24(34)29-22-3-4-23(33)30-25(22)35)32-14-9-26(17-32)7-12-31(13-8-26)16-18-5-10-28-11-6-18/h1-2,15,18,22,28H,3-14,16-17H2,(H,29,34)(H,30,33,35). The van der Waals surface area contributed by atoms with Crippen molar-refractivity contribution in [3.8, 4) is 0 Å². The van der Waals surface area contributed by atoms with Gasteiger partial charge in [-0.05, 0) is 94.2 Å². The molecule has 4 heterocycles. The summed E-state index contributed by atoms with van der Waals surface area (Å²) in [6.45, 7) is 7.62. The highest BCUT2D eigenvalue weighted by Gasteiger charge is 2.41. The zero-order chi connectivity index (χ0) is 24.4. The summed E-state index contributed by atoms with van der Waals surface area (Å²) in [4.78, 5) is 40.6. The number of imide groups is 1. The average molecular weight is 486 g/mol. The Hall–Kier alpha value is -2.52. The van der Waals surface area contributed by atoms with Crippen LogP contribution in [0.2, 0.25) is 0 Å².